The lowest BCUT2D eigenvalue weighted by Gasteiger charge is -2.27. The molecule has 198 valence electrons. The first-order chi connectivity index (χ1) is 18.1. The summed E-state index contributed by atoms with van der Waals surface area (Å²) in [6.07, 6.45) is 1.76. The van der Waals surface area contributed by atoms with Gasteiger partial charge in [0.1, 0.15) is 16.9 Å². The zero-order chi connectivity index (χ0) is 27.0. The molecule has 2 unspecified atom stereocenters. The maximum absolute atomic E-state index is 6.70. The van der Waals surface area contributed by atoms with Crippen molar-refractivity contribution in [2.45, 2.75) is 56.1 Å². The number of hydrogen-bond acceptors (Lipinski definition) is 7. The van der Waals surface area contributed by atoms with Crippen LogP contribution in [0.5, 0.6) is 11.6 Å². The van der Waals surface area contributed by atoms with Gasteiger partial charge in [0.25, 0.3) is 0 Å². The van der Waals surface area contributed by atoms with Gasteiger partial charge in [0.05, 0.1) is 10.0 Å². The van der Waals surface area contributed by atoms with Crippen molar-refractivity contribution in [2.75, 3.05) is 11.9 Å². The molecule has 8 heteroatoms. The highest BCUT2D eigenvalue weighted by Gasteiger charge is 2.32. The molecule has 0 radical (unpaired) electrons. The van der Waals surface area contributed by atoms with Crippen LogP contribution in [-0.4, -0.2) is 22.4 Å². The first-order valence-electron chi connectivity index (χ1n) is 12.6. The number of rotatable bonds is 7. The number of pyridine rings is 1. The Hall–Kier alpha value is -2.55. The molecule has 0 aliphatic carbocycles. The van der Waals surface area contributed by atoms with Crippen molar-refractivity contribution in [3.8, 4) is 11.6 Å². The molecule has 2 atom stereocenters. The lowest BCUT2D eigenvalue weighted by molar-refractivity contribution is 0.255. The largest absolute Gasteiger partial charge is 0.437 e. The molecule has 0 spiro atoms. The van der Waals surface area contributed by atoms with E-state index < -0.39 is 0 Å². The first kappa shape index (κ1) is 27.0. The summed E-state index contributed by atoms with van der Waals surface area (Å²) in [7, 11) is 2.14. The number of para-hydroxylation sites is 1. The smallest absolute Gasteiger partial charge is 0.243 e. The predicted octanol–water partition coefficient (Wildman–Crippen LogP) is 8.57. The van der Waals surface area contributed by atoms with Crippen LogP contribution in [0.25, 0.3) is 0 Å². The molecule has 5 rings (SSSR count). The highest BCUT2D eigenvalue weighted by Crippen LogP contribution is 2.49. The van der Waals surface area contributed by atoms with E-state index >= 15 is 0 Å². The summed E-state index contributed by atoms with van der Waals surface area (Å²) in [5.74, 6) is 1.35. The number of hydrogen-bond donors (Lipinski definition) is 1. The van der Waals surface area contributed by atoms with E-state index in [0.717, 1.165) is 38.5 Å². The van der Waals surface area contributed by atoms with E-state index in [1.165, 1.54) is 10.4 Å². The van der Waals surface area contributed by atoms with E-state index in [0.29, 0.717) is 5.88 Å². The molecule has 1 aliphatic rings. The lowest BCUT2D eigenvalue weighted by atomic mass is 9.86. The standard InChI is InChI=1S/C30H33ClN4OS2/c1-19(34(5)18-21-13-15-27(31)37-21)20-12-14-23-26(17-20)38-29(32)35(23)24-10-8-16-33-28(24)36-25-11-7-6-9-22(25)30(2,3)4/h6-17,19,29H,18,32H2,1-5H3. The van der Waals surface area contributed by atoms with Crippen LogP contribution in [0.15, 0.2) is 77.8 Å². The highest BCUT2D eigenvalue weighted by atomic mass is 35.5. The molecule has 2 aromatic carbocycles. The van der Waals surface area contributed by atoms with Gasteiger partial charge in [0.15, 0.2) is 0 Å². The normalized spacial score (nSPS) is 16.1. The van der Waals surface area contributed by atoms with Crippen molar-refractivity contribution in [3.63, 3.8) is 0 Å². The second kappa shape index (κ2) is 10.9. The molecular formula is C30H33ClN4OS2. The van der Waals surface area contributed by atoms with E-state index in [2.05, 4.69) is 79.9 Å². The minimum atomic E-state index is -0.286. The third kappa shape index (κ3) is 5.58. The summed E-state index contributed by atoms with van der Waals surface area (Å²) in [5, 5.41) is 0. The number of fused-ring (bicyclic) bond motifs is 1. The molecule has 1 aliphatic heterocycles. The van der Waals surface area contributed by atoms with Gasteiger partial charge in [-0.15, -0.1) is 11.3 Å². The third-order valence-corrected chi connectivity index (χ3v) is 9.08. The van der Waals surface area contributed by atoms with Crippen LogP contribution in [-0.2, 0) is 12.0 Å². The molecule has 2 N–H and O–H groups in total. The number of anilines is 2. The fourth-order valence-corrected chi connectivity index (χ4v) is 6.90. The van der Waals surface area contributed by atoms with Crippen LogP contribution in [0.4, 0.5) is 11.4 Å². The number of thiophene rings is 1. The minimum absolute atomic E-state index is 0.0615. The molecule has 38 heavy (non-hydrogen) atoms. The lowest BCUT2D eigenvalue weighted by Crippen LogP contribution is -2.32. The average Bonchev–Trinajstić information content (AvgIpc) is 3.44. The Labute approximate surface area is 238 Å². The van der Waals surface area contributed by atoms with Crippen LogP contribution in [0, 0.1) is 0 Å². The maximum Gasteiger partial charge on any atom is 0.243 e. The van der Waals surface area contributed by atoms with Crippen molar-refractivity contribution >= 4 is 46.1 Å². The number of ether oxygens (including phenoxy) is 1. The molecule has 4 aromatic rings. The van der Waals surface area contributed by atoms with Gasteiger partial charge < -0.3 is 15.4 Å². The second-order valence-electron chi connectivity index (χ2n) is 10.6. The van der Waals surface area contributed by atoms with Crippen LogP contribution >= 0.6 is 34.7 Å². The monoisotopic (exact) mass is 564 g/mol. The SMILES string of the molecule is CC(c1ccc2c(c1)SC(N)N2c1cccnc1Oc1ccccc1C(C)(C)C)N(C)Cc1ccc(Cl)s1. The van der Waals surface area contributed by atoms with Gasteiger partial charge in [0.2, 0.25) is 5.88 Å². The molecular weight excluding hydrogens is 532 g/mol. The Morgan fingerprint density at radius 3 is 2.61 bits per heavy atom. The van der Waals surface area contributed by atoms with Crippen molar-refractivity contribution in [3.05, 3.63) is 93.3 Å². The maximum atomic E-state index is 6.70. The molecule has 0 saturated heterocycles. The number of benzene rings is 2. The number of thioether (sulfide) groups is 1. The Bertz CT molecular complexity index is 1430. The summed E-state index contributed by atoms with van der Waals surface area (Å²) >= 11 is 9.42. The summed E-state index contributed by atoms with van der Waals surface area (Å²) in [4.78, 5) is 11.5. The summed E-state index contributed by atoms with van der Waals surface area (Å²) in [6.45, 7) is 9.63. The summed E-state index contributed by atoms with van der Waals surface area (Å²) in [5.41, 5.74) is 10.6. The van der Waals surface area contributed by atoms with Crippen LogP contribution < -0.4 is 15.4 Å². The topological polar surface area (TPSA) is 54.6 Å². The molecule has 0 fully saturated rings. The number of nitrogens with zero attached hydrogens (tertiary/aromatic N) is 3. The molecule has 0 saturated carbocycles. The molecule has 3 heterocycles. The van der Waals surface area contributed by atoms with Crippen molar-refractivity contribution in [1.29, 1.82) is 0 Å². The van der Waals surface area contributed by atoms with Crippen molar-refractivity contribution in [2.24, 2.45) is 5.73 Å². The Kier molecular flexibility index (Phi) is 7.76. The summed E-state index contributed by atoms with van der Waals surface area (Å²) in [6, 6.07) is 23.0. The quantitative estimate of drug-likeness (QED) is 0.242. The van der Waals surface area contributed by atoms with Gasteiger partial charge in [-0.1, -0.05) is 68.4 Å². The predicted molar refractivity (Wildman–Crippen MR) is 161 cm³/mol. The molecule has 0 amide bonds. The average molecular weight is 565 g/mol. The van der Waals surface area contributed by atoms with E-state index in [-0.39, 0.29) is 17.0 Å². The van der Waals surface area contributed by atoms with Gasteiger partial charge >= 0.3 is 0 Å². The van der Waals surface area contributed by atoms with E-state index in [9.17, 15) is 0 Å². The molecule has 5 nitrogen and oxygen atoms in total. The Balaban J connectivity index is 1.42. The third-order valence-electron chi connectivity index (χ3n) is 6.84. The van der Waals surface area contributed by atoms with Gasteiger partial charge in [-0.3, -0.25) is 4.90 Å². The van der Waals surface area contributed by atoms with E-state index in [4.69, 9.17) is 22.1 Å². The number of nitrogens with two attached hydrogens (primary N) is 1. The minimum Gasteiger partial charge on any atom is -0.437 e. The van der Waals surface area contributed by atoms with Crippen LogP contribution in [0.3, 0.4) is 0 Å². The van der Waals surface area contributed by atoms with Gasteiger partial charge in [-0.05, 0) is 67.4 Å². The van der Waals surface area contributed by atoms with E-state index in [1.807, 2.05) is 36.4 Å². The van der Waals surface area contributed by atoms with Gasteiger partial charge in [-0.2, -0.15) is 0 Å². The molecule has 0 bridgehead atoms. The number of aromatic nitrogens is 1. The van der Waals surface area contributed by atoms with Crippen molar-refractivity contribution in [1.82, 2.24) is 9.88 Å². The molecule has 2 aromatic heterocycles. The fraction of sp³-hybridized carbons (Fsp3) is 0.300. The van der Waals surface area contributed by atoms with Crippen LogP contribution in [0.1, 0.15) is 49.7 Å². The highest BCUT2D eigenvalue weighted by molar-refractivity contribution is 8.00. The zero-order valence-corrected chi connectivity index (χ0v) is 24.7. The van der Waals surface area contributed by atoms with Gasteiger partial charge in [0, 0.05) is 34.1 Å². The van der Waals surface area contributed by atoms with Crippen LogP contribution in [0.2, 0.25) is 4.34 Å². The Morgan fingerprint density at radius 1 is 1.08 bits per heavy atom. The zero-order valence-electron chi connectivity index (χ0n) is 22.3. The van der Waals surface area contributed by atoms with Gasteiger partial charge in [-0.25, -0.2) is 4.98 Å². The second-order valence-corrected chi connectivity index (χ2v) is 13.5. The summed E-state index contributed by atoms with van der Waals surface area (Å²) < 4.78 is 7.29. The number of halogens is 1. The first-order valence-corrected chi connectivity index (χ1v) is 14.7. The van der Waals surface area contributed by atoms with E-state index in [1.54, 1.807) is 29.3 Å². The van der Waals surface area contributed by atoms with Crippen molar-refractivity contribution < 1.29 is 4.74 Å². The Morgan fingerprint density at radius 2 is 1.87 bits per heavy atom. The fourth-order valence-electron chi connectivity index (χ4n) is 4.67.